The maximum absolute atomic E-state index is 12.4. The number of carbonyl (C=O) groups is 1. The van der Waals surface area contributed by atoms with Crippen LogP contribution in [0.25, 0.3) is 10.1 Å². The largest absolute Gasteiger partial charge is 0.444 e. The van der Waals surface area contributed by atoms with Crippen LogP contribution in [0.4, 0.5) is 4.79 Å². The highest BCUT2D eigenvalue weighted by atomic mass is 32.1. The molecule has 0 spiro atoms. The normalized spacial score (nSPS) is 17.0. The van der Waals surface area contributed by atoms with E-state index in [1.54, 1.807) is 16.2 Å². The van der Waals surface area contributed by atoms with Crippen molar-refractivity contribution in [2.45, 2.75) is 45.1 Å². The zero-order valence-electron chi connectivity index (χ0n) is 16.3. The van der Waals surface area contributed by atoms with E-state index in [0.717, 1.165) is 18.2 Å². The molecule has 148 valence electrons. The molecule has 1 saturated heterocycles. The van der Waals surface area contributed by atoms with E-state index in [4.69, 9.17) is 9.26 Å². The summed E-state index contributed by atoms with van der Waals surface area (Å²) in [5.41, 5.74) is -0.480. The number of likely N-dealkylation sites (tertiary alicyclic amines) is 1. The molecule has 4 heterocycles. The number of nitrogens with zero attached hydrogens (tertiary/aromatic N) is 4. The van der Waals surface area contributed by atoms with Gasteiger partial charge in [0.2, 0.25) is 6.39 Å². The van der Waals surface area contributed by atoms with Gasteiger partial charge in [0.05, 0.1) is 5.92 Å². The first kappa shape index (κ1) is 18.9. The molecule has 1 fully saturated rings. The Hall–Kier alpha value is -2.48. The third-order valence-corrected chi connectivity index (χ3v) is 6.16. The van der Waals surface area contributed by atoms with Gasteiger partial charge in [0.1, 0.15) is 5.60 Å². The summed E-state index contributed by atoms with van der Waals surface area (Å²) >= 11 is 1.75. The third kappa shape index (κ3) is 4.01. The molecular formula is C20H24N4O3S. The maximum Gasteiger partial charge on any atom is 0.410 e. The number of piperidine rings is 1. The molecule has 0 N–H and O–H groups in total. The molecule has 3 aromatic rings. The Morgan fingerprint density at radius 2 is 2.14 bits per heavy atom. The third-order valence-electron chi connectivity index (χ3n) is 4.96. The number of rotatable bonds is 3. The zero-order chi connectivity index (χ0) is 19.7. The predicted octanol–water partition coefficient (Wildman–Crippen LogP) is 4.46. The van der Waals surface area contributed by atoms with Crippen LogP contribution in [0.15, 0.2) is 35.4 Å². The lowest BCUT2D eigenvalue weighted by atomic mass is 9.82. The summed E-state index contributed by atoms with van der Waals surface area (Å²) in [6.07, 6.45) is 6.57. The number of pyridine rings is 1. The second kappa shape index (κ2) is 7.50. The highest BCUT2D eigenvalue weighted by Crippen LogP contribution is 2.41. The Kier molecular flexibility index (Phi) is 5.05. The Balaban J connectivity index is 1.54. The number of ether oxygens (including phenoxy) is 1. The van der Waals surface area contributed by atoms with E-state index in [9.17, 15) is 4.79 Å². The number of amides is 1. The zero-order valence-corrected chi connectivity index (χ0v) is 17.1. The van der Waals surface area contributed by atoms with Crippen molar-refractivity contribution in [1.29, 1.82) is 0 Å². The van der Waals surface area contributed by atoms with Crippen molar-refractivity contribution in [2.24, 2.45) is 5.92 Å². The molecule has 0 bridgehead atoms. The fourth-order valence-electron chi connectivity index (χ4n) is 3.69. The van der Waals surface area contributed by atoms with E-state index in [2.05, 4.69) is 21.2 Å². The van der Waals surface area contributed by atoms with Gasteiger partial charge < -0.3 is 14.2 Å². The minimum atomic E-state index is -0.480. The van der Waals surface area contributed by atoms with Crippen LogP contribution in [0.1, 0.15) is 50.2 Å². The van der Waals surface area contributed by atoms with Crippen LogP contribution in [0, 0.1) is 5.92 Å². The molecule has 7 nitrogen and oxygen atoms in total. The van der Waals surface area contributed by atoms with Crippen LogP contribution in [0.5, 0.6) is 0 Å². The van der Waals surface area contributed by atoms with Gasteiger partial charge in [-0.25, -0.2) is 4.79 Å². The standard InChI is InChI=1S/C20H24N4O3S/c1-20(2,3)27-19(25)24-8-5-13(6-9-24)17(18-22-12-26-23-18)16-10-14-11-21-7-4-15(14)28-16/h4,7,10-13,17H,5-6,8-9H2,1-3H3. The molecule has 0 saturated carbocycles. The lowest BCUT2D eigenvalue weighted by Crippen LogP contribution is -2.42. The quantitative estimate of drug-likeness (QED) is 0.646. The second-order valence-corrected chi connectivity index (χ2v) is 9.25. The van der Waals surface area contributed by atoms with E-state index in [1.807, 2.05) is 39.2 Å². The van der Waals surface area contributed by atoms with Crippen molar-refractivity contribution in [1.82, 2.24) is 20.0 Å². The van der Waals surface area contributed by atoms with Gasteiger partial charge in [-0.2, -0.15) is 4.98 Å². The van der Waals surface area contributed by atoms with Crippen LogP contribution in [0.3, 0.4) is 0 Å². The number of hydrogen-bond donors (Lipinski definition) is 0. The summed E-state index contributed by atoms with van der Waals surface area (Å²) in [7, 11) is 0. The first-order chi connectivity index (χ1) is 13.4. The Labute approximate surface area is 167 Å². The van der Waals surface area contributed by atoms with Gasteiger partial charge in [-0.05, 0) is 51.7 Å². The lowest BCUT2D eigenvalue weighted by Gasteiger charge is -2.35. The monoisotopic (exact) mass is 400 g/mol. The Morgan fingerprint density at radius 3 is 2.79 bits per heavy atom. The minimum Gasteiger partial charge on any atom is -0.444 e. The second-order valence-electron chi connectivity index (χ2n) is 8.13. The van der Waals surface area contributed by atoms with Gasteiger partial charge in [0, 0.05) is 40.4 Å². The molecule has 1 atom stereocenters. The smallest absolute Gasteiger partial charge is 0.410 e. The molecular weight excluding hydrogens is 376 g/mol. The van der Waals surface area contributed by atoms with E-state index >= 15 is 0 Å². The Morgan fingerprint density at radius 1 is 1.36 bits per heavy atom. The Bertz CT molecular complexity index is 907. The SMILES string of the molecule is CC(C)(C)OC(=O)N1CCC(C(c2ncon2)c2cc3cnccc3s2)CC1. The predicted molar refractivity (Wildman–Crippen MR) is 106 cm³/mol. The first-order valence-electron chi connectivity index (χ1n) is 9.48. The summed E-state index contributed by atoms with van der Waals surface area (Å²) in [5.74, 6) is 1.09. The fourth-order valence-corrected chi connectivity index (χ4v) is 4.91. The highest BCUT2D eigenvalue weighted by molar-refractivity contribution is 7.19. The number of hydrogen-bond acceptors (Lipinski definition) is 7. The molecule has 28 heavy (non-hydrogen) atoms. The molecule has 8 heteroatoms. The van der Waals surface area contributed by atoms with Gasteiger partial charge in [-0.3, -0.25) is 4.98 Å². The fraction of sp³-hybridized carbons (Fsp3) is 0.500. The van der Waals surface area contributed by atoms with Crippen LogP contribution in [-0.2, 0) is 4.74 Å². The van der Waals surface area contributed by atoms with Crippen LogP contribution in [-0.4, -0.2) is 44.8 Å². The molecule has 4 rings (SSSR count). The van der Waals surface area contributed by atoms with Crippen molar-refractivity contribution < 1.29 is 14.1 Å². The van der Waals surface area contributed by atoms with Gasteiger partial charge in [0.25, 0.3) is 0 Å². The summed E-state index contributed by atoms with van der Waals surface area (Å²) in [4.78, 5) is 23.9. The van der Waals surface area contributed by atoms with Gasteiger partial charge in [-0.1, -0.05) is 5.16 Å². The van der Waals surface area contributed by atoms with E-state index < -0.39 is 5.60 Å². The summed E-state index contributed by atoms with van der Waals surface area (Å²) in [5, 5.41) is 5.27. The first-order valence-corrected chi connectivity index (χ1v) is 10.3. The van der Waals surface area contributed by atoms with E-state index in [0.29, 0.717) is 24.8 Å². The van der Waals surface area contributed by atoms with Gasteiger partial charge in [0.15, 0.2) is 5.82 Å². The van der Waals surface area contributed by atoms with Crippen LogP contribution in [0.2, 0.25) is 0 Å². The minimum absolute atomic E-state index is 0.0527. The van der Waals surface area contributed by atoms with Crippen LogP contribution >= 0.6 is 11.3 Å². The molecule has 0 radical (unpaired) electrons. The lowest BCUT2D eigenvalue weighted by molar-refractivity contribution is 0.0178. The van der Waals surface area contributed by atoms with E-state index in [-0.39, 0.29) is 12.0 Å². The number of aromatic nitrogens is 3. The molecule has 1 aliphatic heterocycles. The average molecular weight is 401 g/mol. The highest BCUT2D eigenvalue weighted by Gasteiger charge is 2.35. The van der Waals surface area contributed by atoms with Crippen molar-refractivity contribution >= 4 is 27.5 Å². The topological polar surface area (TPSA) is 81.4 Å². The summed E-state index contributed by atoms with van der Waals surface area (Å²) in [6, 6.07) is 4.20. The van der Waals surface area contributed by atoms with Crippen molar-refractivity contribution in [3.8, 4) is 0 Å². The van der Waals surface area contributed by atoms with E-state index in [1.165, 1.54) is 16.0 Å². The summed E-state index contributed by atoms with van der Waals surface area (Å²) in [6.45, 7) is 7.00. The van der Waals surface area contributed by atoms with Gasteiger partial charge in [-0.15, -0.1) is 11.3 Å². The molecule has 0 aliphatic carbocycles. The molecule has 1 amide bonds. The van der Waals surface area contributed by atoms with Crippen molar-refractivity contribution in [3.05, 3.63) is 41.6 Å². The number of carbonyl (C=O) groups excluding carboxylic acids is 1. The number of thiophene rings is 1. The van der Waals surface area contributed by atoms with Gasteiger partial charge >= 0.3 is 6.09 Å². The number of fused-ring (bicyclic) bond motifs is 1. The van der Waals surface area contributed by atoms with Crippen molar-refractivity contribution in [3.63, 3.8) is 0 Å². The van der Waals surface area contributed by atoms with Crippen LogP contribution < -0.4 is 0 Å². The molecule has 1 aliphatic rings. The average Bonchev–Trinajstić information content (AvgIpc) is 3.31. The van der Waals surface area contributed by atoms with Crippen molar-refractivity contribution in [2.75, 3.05) is 13.1 Å². The molecule has 1 unspecified atom stereocenters. The summed E-state index contributed by atoms with van der Waals surface area (Å²) < 4.78 is 11.8. The maximum atomic E-state index is 12.4. The molecule has 0 aromatic carbocycles. The molecule has 3 aromatic heterocycles.